The molecule has 0 radical (unpaired) electrons. The molecule has 0 spiro atoms. The van der Waals surface area contributed by atoms with Gasteiger partial charge in [0.2, 0.25) is 0 Å². The van der Waals surface area contributed by atoms with Gasteiger partial charge in [-0.2, -0.15) is 0 Å². The lowest BCUT2D eigenvalue weighted by molar-refractivity contribution is -0.143. The minimum Gasteiger partial charge on any atom is -0.479 e. The van der Waals surface area contributed by atoms with Gasteiger partial charge in [0.05, 0.1) is 5.39 Å². The Kier molecular flexibility index (Phi) is 2.28. The first-order valence-corrected chi connectivity index (χ1v) is 6.74. The summed E-state index contributed by atoms with van der Waals surface area (Å²) >= 11 is 1.27. The zero-order chi connectivity index (χ0) is 13.9. The van der Waals surface area contributed by atoms with Crippen molar-refractivity contribution in [3.8, 4) is 0 Å². The molecule has 3 rings (SSSR count). The molecule has 0 aliphatic heterocycles. The van der Waals surface area contributed by atoms with Crippen LogP contribution in [0.15, 0.2) is 15.0 Å². The summed E-state index contributed by atoms with van der Waals surface area (Å²) < 4.78 is 0.877. The van der Waals surface area contributed by atoms with Gasteiger partial charge in [-0.15, -0.1) is 11.3 Å². The first-order chi connectivity index (χ1) is 8.89. The highest BCUT2D eigenvalue weighted by Crippen LogP contribution is 2.48. The standard InChI is InChI=1S/C12H12N2O4S/c1-5-4-19-8-7(5)9(15)14(11(18)13-8)12(10(16)17)3-6(12)2/h4,6H,3H2,1-2H3,(H,13,18)(H,16,17). The molecule has 100 valence electrons. The van der Waals surface area contributed by atoms with E-state index in [1.54, 1.807) is 19.2 Å². The van der Waals surface area contributed by atoms with Gasteiger partial charge < -0.3 is 5.11 Å². The fourth-order valence-corrected chi connectivity index (χ4v) is 3.56. The number of rotatable bonds is 2. The summed E-state index contributed by atoms with van der Waals surface area (Å²) in [5, 5.41) is 11.5. The third kappa shape index (κ3) is 1.39. The molecule has 2 aromatic heterocycles. The van der Waals surface area contributed by atoms with E-state index in [9.17, 15) is 19.5 Å². The number of fused-ring (bicyclic) bond motifs is 1. The Hall–Kier alpha value is -1.89. The SMILES string of the molecule is Cc1csc2[nH]c(=O)n(C3(C(=O)O)CC3C)c(=O)c12. The van der Waals surface area contributed by atoms with Crippen LogP contribution < -0.4 is 11.2 Å². The number of aromatic nitrogens is 2. The van der Waals surface area contributed by atoms with Gasteiger partial charge in [0.25, 0.3) is 5.56 Å². The van der Waals surface area contributed by atoms with Crippen LogP contribution in [0.2, 0.25) is 0 Å². The molecule has 0 bridgehead atoms. The van der Waals surface area contributed by atoms with Crippen molar-refractivity contribution in [1.82, 2.24) is 9.55 Å². The lowest BCUT2D eigenvalue weighted by Crippen LogP contribution is -2.46. The highest BCUT2D eigenvalue weighted by atomic mass is 32.1. The maximum Gasteiger partial charge on any atom is 0.330 e. The van der Waals surface area contributed by atoms with Crippen molar-refractivity contribution in [3.63, 3.8) is 0 Å². The maximum absolute atomic E-state index is 12.5. The van der Waals surface area contributed by atoms with Gasteiger partial charge in [0.15, 0.2) is 5.54 Å². The number of H-pyrrole nitrogens is 1. The second kappa shape index (κ2) is 3.57. The summed E-state index contributed by atoms with van der Waals surface area (Å²) in [6, 6.07) is 0. The van der Waals surface area contributed by atoms with E-state index in [2.05, 4.69) is 4.98 Å². The highest BCUT2D eigenvalue weighted by Gasteiger charge is 2.61. The molecule has 2 aromatic rings. The number of aliphatic carboxylic acids is 1. The number of carbonyl (C=O) groups is 1. The summed E-state index contributed by atoms with van der Waals surface area (Å²) in [5.41, 5.74) is -1.79. The van der Waals surface area contributed by atoms with E-state index in [-0.39, 0.29) is 5.92 Å². The van der Waals surface area contributed by atoms with Gasteiger partial charge >= 0.3 is 11.7 Å². The summed E-state index contributed by atoms with van der Waals surface area (Å²) in [4.78, 5) is 39.1. The molecular formula is C12H12N2O4S. The number of carboxylic acids is 1. The normalized spacial score (nSPS) is 25.7. The van der Waals surface area contributed by atoms with Crippen LogP contribution >= 0.6 is 11.3 Å². The van der Waals surface area contributed by atoms with Crippen LogP contribution in [0.5, 0.6) is 0 Å². The number of thiophene rings is 1. The van der Waals surface area contributed by atoms with Crippen LogP contribution in [0.4, 0.5) is 0 Å². The van der Waals surface area contributed by atoms with E-state index < -0.39 is 22.8 Å². The van der Waals surface area contributed by atoms with Gasteiger partial charge in [0, 0.05) is 0 Å². The quantitative estimate of drug-likeness (QED) is 0.854. The van der Waals surface area contributed by atoms with Crippen LogP contribution in [0.1, 0.15) is 18.9 Å². The van der Waals surface area contributed by atoms with Crippen LogP contribution in [0.25, 0.3) is 10.2 Å². The molecule has 1 fully saturated rings. The topological polar surface area (TPSA) is 92.2 Å². The fraction of sp³-hybridized carbons (Fsp3) is 0.417. The second-order valence-electron chi connectivity index (χ2n) is 5.03. The minimum absolute atomic E-state index is 0.222. The molecule has 7 heteroatoms. The average Bonchev–Trinajstić information content (AvgIpc) is 2.84. The fourth-order valence-electron chi connectivity index (χ4n) is 2.63. The van der Waals surface area contributed by atoms with Gasteiger partial charge in [-0.1, -0.05) is 6.92 Å². The van der Waals surface area contributed by atoms with Crippen molar-refractivity contribution < 1.29 is 9.90 Å². The Bertz CT molecular complexity index is 815. The van der Waals surface area contributed by atoms with Gasteiger partial charge in [-0.3, -0.25) is 9.78 Å². The number of hydrogen-bond acceptors (Lipinski definition) is 4. The molecule has 0 amide bonds. The molecule has 1 saturated carbocycles. The summed E-state index contributed by atoms with van der Waals surface area (Å²) in [7, 11) is 0. The number of aromatic amines is 1. The molecule has 1 aliphatic rings. The monoisotopic (exact) mass is 280 g/mol. The van der Waals surface area contributed by atoms with E-state index in [0.29, 0.717) is 16.6 Å². The van der Waals surface area contributed by atoms with E-state index in [4.69, 9.17) is 0 Å². The van der Waals surface area contributed by atoms with Crippen molar-refractivity contribution >= 4 is 27.5 Å². The Balaban J connectivity index is 2.43. The Morgan fingerprint density at radius 2 is 2.21 bits per heavy atom. The number of nitrogens with zero attached hydrogens (tertiary/aromatic N) is 1. The Morgan fingerprint density at radius 1 is 1.58 bits per heavy atom. The lowest BCUT2D eigenvalue weighted by atomic mass is 10.2. The minimum atomic E-state index is -1.38. The summed E-state index contributed by atoms with van der Waals surface area (Å²) in [6.45, 7) is 3.50. The Labute approximate surface area is 111 Å². The first kappa shape index (κ1) is 12.2. The predicted octanol–water partition coefficient (Wildman–Crippen LogP) is 0.879. The maximum atomic E-state index is 12.5. The molecule has 6 nitrogen and oxygen atoms in total. The van der Waals surface area contributed by atoms with Crippen molar-refractivity contribution in [2.75, 3.05) is 0 Å². The van der Waals surface area contributed by atoms with Crippen molar-refractivity contribution in [2.24, 2.45) is 5.92 Å². The molecule has 2 N–H and O–H groups in total. The molecule has 19 heavy (non-hydrogen) atoms. The van der Waals surface area contributed by atoms with Crippen LogP contribution in [0.3, 0.4) is 0 Å². The number of hydrogen-bond donors (Lipinski definition) is 2. The molecule has 2 unspecified atom stereocenters. The number of aryl methyl sites for hydroxylation is 1. The second-order valence-corrected chi connectivity index (χ2v) is 5.91. The Morgan fingerprint density at radius 3 is 2.74 bits per heavy atom. The van der Waals surface area contributed by atoms with E-state index in [1.165, 1.54) is 11.3 Å². The third-order valence-corrected chi connectivity index (χ3v) is 4.87. The molecular weight excluding hydrogens is 268 g/mol. The van der Waals surface area contributed by atoms with Crippen LogP contribution in [0, 0.1) is 12.8 Å². The van der Waals surface area contributed by atoms with E-state index in [1.807, 2.05) is 0 Å². The molecule has 1 aliphatic carbocycles. The smallest absolute Gasteiger partial charge is 0.330 e. The van der Waals surface area contributed by atoms with E-state index in [0.717, 1.165) is 10.1 Å². The van der Waals surface area contributed by atoms with Gasteiger partial charge in [-0.25, -0.2) is 14.2 Å². The van der Waals surface area contributed by atoms with Gasteiger partial charge in [-0.05, 0) is 30.2 Å². The average molecular weight is 280 g/mol. The number of carboxylic acid groups (broad SMARTS) is 1. The van der Waals surface area contributed by atoms with E-state index >= 15 is 0 Å². The highest BCUT2D eigenvalue weighted by molar-refractivity contribution is 7.16. The number of nitrogens with one attached hydrogen (secondary N) is 1. The van der Waals surface area contributed by atoms with Crippen molar-refractivity contribution in [3.05, 3.63) is 31.8 Å². The first-order valence-electron chi connectivity index (χ1n) is 5.86. The largest absolute Gasteiger partial charge is 0.479 e. The zero-order valence-electron chi connectivity index (χ0n) is 10.4. The van der Waals surface area contributed by atoms with Gasteiger partial charge in [0.1, 0.15) is 4.83 Å². The molecule has 0 saturated heterocycles. The van der Waals surface area contributed by atoms with Crippen molar-refractivity contribution in [2.45, 2.75) is 25.8 Å². The third-order valence-electron chi connectivity index (χ3n) is 3.86. The molecule has 2 heterocycles. The van der Waals surface area contributed by atoms with Crippen molar-refractivity contribution in [1.29, 1.82) is 0 Å². The predicted molar refractivity (Wildman–Crippen MR) is 70.8 cm³/mol. The molecule has 2 atom stereocenters. The van der Waals surface area contributed by atoms with Crippen LogP contribution in [-0.4, -0.2) is 20.6 Å². The zero-order valence-corrected chi connectivity index (χ0v) is 11.2. The molecule has 0 aromatic carbocycles. The summed E-state index contributed by atoms with van der Waals surface area (Å²) in [6.07, 6.45) is 0.306. The lowest BCUT2D eigenvalue weighted by Gasteiger charge is -2.14. The van der Waals surface area contributed by atoms with Crippen LogP contribution in [-0.2, 0) is 10.3 Å². The summed E-state index contributed by atoms with van der Waals surface area (Å²) in [5.74, 6) is -1.35.